The normalized spacial score (nSPS) is 18.6. The monoisotopic (exact) mass is 231 g/mol. The smallest absolute Gasteiger partial charge is 0.247 e. The van der Waals surface area contributed by atoms with E-state index in [4.69, 9.17) is 11.6 Å². The molecule has 86 valence electrons. The Kier molecular flexibility index (Phi) is 4.14. The third-order valence-electron chi connectivity index (χ3n) is 2.75. The average Bonchev–Trinajstić information content (AvgIpc) is 2.17. The molecule has 3 nitrogen and oxygen atoms in total. The first-order valence-electron chi connectivity index (χ1n) is 5.45. The van der Waals surface area contributed by atoms with Crippen LogP contribution in [0.3, 0.4) is 0 Å². The second kappa shape index (κ2) is 4.97. The molecule has 0 heterocycles. The van der Waals surface area contributed by atoms with E-state index in [2.05, 4.69) is 5.32 Å². The van der Waals surface area contributed by atoms with Crippen LogP contribution in [0.4, 0.5) is 0 Å². The summed E-state index contributed by atoms with van der Waals surface area (Å²) in [6.07, 6.45) is 5.13. The number of amides is 2. The van der Waals surface area contributed by atoms with Gasteiger partial charge in [-0.15, -0.1) is 11.6 Å². The van der Waals surface area contributed by atoms with E-state index in [1.165, 1.54) is 6.42 Å². The summed E-state index contributed by atoms with van der Waals surface area (Å²) in [5.41, 5.74) is 0. The minimum atomic E-state index is -1.01. The van der Waals surface area contributed by atoms with Crippen LogP contribution in [-0.4, -0.2) is 16.7 Å². The highest BCUT2D eigenvalue weighted by atomic mass is 35.5. The van der Waals surface area contributed by atoms with Gasteiger partial charge < -0.3 is 0 Å². The third kappa shape index (κ3) is 3.82. The van der Waals surface area contributed by atoms with E-state index in [1.807, 2.05) is 0 Å². The Hall–Kier alpha value is -0.570. The van der Waals surface area contributed by atoms with Gasteiger partial charge in [-0.05, 0) is 26.7 Å². The summed E-state index contributed by atoms with van der Waals surface area (Å²) in [4.78, 5) is 22.1. The summed E-state index contributed by atoms with van der Waals surface area (Å²) in [5.74, 6) is -0.560. The van der Waals surface area contributed by atoms with Crippen LogP contribution in [0.5, 0.6) is 0 Å². The maximum Gasteiger partial charge on any atom is 0.247 e. The van der Waals surface area contributed by atoms with Crippen LogP contribution in [0.25, 0.3) is 0 Å². The van der Waals surface area contributed by atoms with E-state index in [0.717, 1.165) is 25.7 Å². The standard InChI is InChI=1S/C11H18ClNO2/c1-11(2,12)10(15)13-9(14)8-6-4-3-5-7-8/h8H,3-7H2,1-2H3,(H,13,14,15). The largest absolute Gasteiger partial charge is 0.295 e. The highest BCUT2D eigenvalue weighted by Gasteiger charge is 2.29. The van der Waals surface area contributed by atoms with E-state index >= 15 is 0 Å². The maximum atomic E-state index is 11.7. The number of hydrogen-bond acceptors (Lipinski definition) is 2. The number of nitrogens with one attached hydrogen (secondary N) is 1. The van der Waals surface area contributed by atoms with Gasteiger partial charge in [0.2, 0.25) is 11.8 Å². The molecule has 4 heteroatoms. The van der Waals surface area contributed by atoms with Crippen molar-refractivity contribution in [3.05, 3.63) is 0 Å². The lowest BCUT2D eigenvalue weighted by Gasteiger charge is -2.22. The zero-order valence-corrected chi connectivity index (χ0v) is 10.1. The van der Waals surface area contributed by atoms with Gasteiger partial charge in [0.15, 0.2) is 0 Å². The molecule has 0 spiro atoms. The highest BCUT2D eigenvalue weighted by molar-refractivity contribution is 6.35. The first-order chi connectivity index (χ1) is 6.91. The molecule has 0 aliphatic heterocycles. The predicted octanol–water partition coefficient (Wildman–Crippen LogP) is 2.23. The van der Waals surface area contributed by atoms with E-state index in [1.54, 1.807) is 13.8 Å². The highest BCUT2D eigenvalue weighted by Crippen LogP contribution is 2.24. The van der Waals surface area contributed by atoms with Crippen LogP contribution in [0.15, 0.2) is 0 Å². The molecule has 0 unspecified atom stereocenters. The minimum absolute atomic E-state index is 0.00159. The molecule has 0 radical (unpaired) electrons. The van der Waals surface area contributed by atoms with Crippen LogP contribution in [0.2, 0.25) is 0 Å². The van der Waals surface area contributed by atoms with E-state index in [-0.39, 0.29) is 11.8 Å². The quantitative estimate of drug-likeness (QED) is 0.741. The van der Waals surface area contributed by atoms with Crippen molar-refractivity contribution in [1.82, 2.24) is 5.32 Å². The van der Waals surface area contributed by atoms with Crippen molar-refractivity contribution in [2.45, 2.75) is 50.8 Å². The van der Waals surface area contributed by atoms with E-state index in [9.17, 15) is 9.59 Å². The molecule has 1 rings (SSSR count). The van der Waals surface area contributed by atoms with Gasteiger partial charge in [0.05, 0.1) is 0 Å². The Bertz CT molecular complexity index is 252. The van der Waals surface area contributed by atoms with Gasteiger partial charge in [-0.2, -0.15) is 0 Å². The second-order valence-electron chi connectivity index (χ2n) is 4.63. The number of carbonyl (C=O) groups excluding carboxylic acids is 2. The Morgan fingerprint density at radius 1 is 1.20 bits per heavy atom. The molecule has 0 saturated heterocycles. The first kappa shape index (κ1) is 12.5. The second-order valence-corrected chi connectivity index (χ2v) is 5.57. The van der Waals surface area contributed by atoms with Gasteiger partial charge in [-0.25, -0.2) is 0 Å². The number of carbonyl (C=O) groups is 2. The fourth-order valence-corrected chi connectivity index (χ4v) is 1.77. The zero-order valence-electron chi connectivity index (χ0n) is 9.31. The van der Waals surface area contributed by atoms with Crippen molar-refractivity contribution in [3.8, 4) is 0 Å². The van der Waals surface area contributed by atoms with Crippen molar-refractivity contribution >= 4 is 23.4 Å². The molecule has 15 heavy (non-hydrogen) atoms. The molecular formula is C11H18ClNO2. The molecule has 1 fully saturated rings. The lowest BCUT2D eigenvalue weighted by molar-refractivity contribution is -0.134. The number of imide groups is 1. The minimum Gasteiger partial charge on any atom is -0.295 e. The van der Waals surface area contributed by atoms with E-state index in [0.29, 0.717) is 0 Å². The predicted molar refractivity (Wildman–Crippen MR) is 59.7 cm³/mol. The summed E-state index contributed by atoms with van der Waals surface area (Å²) >= 11 is 5.80. The van der Waals surface area contributed by atoms with Crippen LogP contribution in [0, 0.1) is 5.92 Å². The van der Waals surface area contributed by atoms with Crippen LogP contribution in [-0.2, 0) is 9.59 Å². The van der Waals surface area contributed by atoms with Crippen molar-refractivity contribution < 1.29 is 9.59 Å². The van der Waals surface area contributed by atoms with Gasteiger partial charge in [0.25, 0.3) is 0 Å². The van der Waals surface area contributed by atoms with Crippen LogP contribution in [0.1, 0.15) is 46.0 Å². The number of halogens is 1. The Labute approximate surface area is 95.6 Å². The number of alkyl halides is 1. The molecule has 1 saturated carbocycles. The molecule has 0 aromatic heterocycles. The Balaban J connectivity index is 2.44. The van der Waals surface area contributed by atoms with Crippen molar-refractivity contribution in [2.24, 2.45) is 5.92 Å². The maximum absolute atomic E-state index is 11.7. The van der Waals surface area contributed by atoms with Crippen LogP contribution >= 0.6 is 11.6 Å². The summed E-state index contributed by atoms with van der Waals surface area (Å²) < 4.78 is 0. The van der Waals surface area contributed by atoms with Crippen molar-refractivity contribution in [3.63, 3.8) is 0 Å². The number of hydrogen-bond donors (Lipinski definition) is 1. The molecule has 0 aromatic carbocycles. The molecule has 1 aliphatic carbocycles. The van der Waals surface area contributed by atoms with Gasteiger partial charge in [-0.1, -0.05) is 19.3 Å². The molecule has 0 aromatic rings. The fraction of sp³-hybridized carbons (Fsp3) is 0.818. The SMILES string of the molecule is CC(C)(Cl)C(=O)NC(=O)C1CCCCC1. The molecule has 0 bridgehead atoms. The van der Waals surface area contributed by atoms with Crippen molar-refractivity contribution in [1.29, 1.82) is 0 Å². The molecule has 1 N–H and O–H groups in total. The van der Waals surface area contributed by atoms with Crippen molar-refractivity contribution in [2.75, 3.05) is 0 Å². The summed E-state index contributed by atoms with van der Waals surface area (Å²) in [5, 5.41) is 2.38. The van der Waals surface area contributed by atoms with Gasteiger partial charge in [0.1, 0.15) is 4.87 Å². The Morgan fingerprint density at radius 2 is 1.73 bits per heavy atom. The zero-order chi connectivity index (χ0) is 11.5. The molecule has 1 aliphatic rings. The van der Waals surface area contributed by atoms with Gasteiger partial charge >= 0.3 is 0 Å². The average molecular weight is 232 g/mol. The molecular weight excluding hydrogens is 214 g/mol. The number of rotatable bonds is 2. The lowest BCUT2D eigenvalue weighted by Crippen LogP contribution is -2.44. The van der Waals surface area contributed by atoms with E-state index < -0.39 is 10.8 Å². The summed E-state index contributed by atoms with van der Waals surface area (Å²) in [6, 6.07) is 0. The molecule has 0 atom stereocenters. The Morgan fingerprint density at radius 3 is 2.20 bits per heavy atom. The molecule has 2 amide bonds. The van der Waals surface area contributed by atoms with Gasteiger partial charge in [-0.3, -0.25) is 14.9 Å². The van der Waals surface area contributed by atoms with Crippen LogP contribution < -0.4 is 5.32 Å². The lowest BCUT2D eigenvalue weighted by atomic mass is 9.88. The fourth-order valence-electron chi connectivity index (χ4n) is 1.73. The first-order valence-corrected chi connectivity index (χ1v) is 5.83. The summed E-state index contributed by atoms with van der Waals surface area (Å²) in [6.45, 7) is 3.16. The summed E-state index contributed by atoms with van der Waals surface area (Å²) in [7, 11) is 0. The topological polar surface area (TPSA) is 46.2 Å². The third-order valence-corrected chi connectivity index (χ3v) is 2.92. The van der Waals surface area contributed by atoms with Gasteiger partial charge in [0, 0.05) is 5.92 Å².